The summed E-state index contributed by atoms with van der Waals surface area (Å²) in [6.45, 7) is 0. The highest BCUT2D eigenvalue weighted by atomic mass is 19.4. The molecule has 1 aliphatic carbocycles. The van der Waals surface area contributed by atoms with Crippen LogP contribution in [0, 0.1) is 11.8 Å². The molecule has 1 N–H and O–H groups in total. The lowest BCUT2D eigenvalue weighted by atomic mass is 9.90. The van der Waals surface area contributed by atoms with Gasteiger partial charge in [0.25, 0.3) is 0 Å². The number of hydrogen-bond acceptors (Lipinski definition) is 1. The number of aliphatic carboxylic acids is 1. The Morgan fingerprint density at radius 1 is 1.31 bits per heavy atom. The van der Waals surface area contributed by atoms with Gasteiger partial charge in [0.05, 0.1) is 0 Å². The quantitative estimate of drug-likeness (QED) is 0.736. The normalized spacial score (nSPS) is 21.8. The molecule has 0 aromatic rings. The second kappa shape index (κ2) is 3.55. The summed E-state index contributed by atoms with van der Waals surface area (Å²) in [7, 11) is 0. The van der Waals surface area contributed by atoms with E-state index in [0.717, 1.165) is 0 Å². The molecule has 0 saturated heterocycles. The van der Waals surface area contributed by atoms with Crippen LogP contribution in [0.1, 0.15) is 25.7 Å². The maximum Gasteiger partial charge on any atom is 0.402 e. The summed E-state index contributed by atoms with van der Waals surface area (Å²) >= 11 is 0. The van der Waals surface area contributed by atoms with Gasteiger partial charge in [0.2, 0.25) is 0 Å². The molecule has 1 saturated carbocycles. The second-order valence-electron chi connectivity index (χ2n) is 3.40. The first-order chi connectivity index (χ1) is 5.93. The van der Waals surface area contributed by atoms with Gasteiger partial charge in [-0.2, -0.15) is 13.2 Å². The molecule has 0 heterocycles. The lowest BCUT2D eigenvalue weighted by Gasteiger charge is -2.21. The van der Waals surface area contributed by atoms with Crippen LogP contribution >= 0.6 is 0 Å². The van der Waals surface area contributed by atoms with Crippen molar-refractivity contribution in [1.29, 1.82) is 0 Å². The highest BCUT2D eigenvalue weighted by molar-refractivity contribution is 5.71. The van der Waals surface area contributed by atoms with E-state index in [1.54, 1.807) is 0 Å². The van der Waals surface area contributed by atoms with Gasteiger partial charge in [-0.15, -0.1) is 0 Å². The van der Waals surface area contributed by atoms with E-state index < -0.39 is 24.0 Å². The number of carbonyl (C=O) groups is 1. The Bertz CT molecular complexity index is 194. The second-order valence-corrected chi connectivity index (χ2v) is 3.40. The van der Waals surface area contributed by atoms with Gasteiger partial charge in [0.1, 0.15) is 0 Å². The summed E-state index contributed by atoms with van der Waals surface area (Å²) in [6, 6.07) is 0. The van der Waals surface area contributed by atoms with E-state index in [1.807, 2.05) is 0 Å². The zero-order valence-electron chi connectivity index (χ0n) is 6.97. The molecule has 0 amide bonds. The molecule has 1 aliphatic rings. The van der Waals surface area contributed by atoms with Crippen LogP contribution in [-0.4, -0.2) is 17.3 Å². The molecule has 76 valence electrons. The van der Waals surface area contributed by atoms with Crippen molar-refractivity contribution in [1.82, 2.24) is 0 Å². The van der Waals surface area contributed by atoms with Gasteiger partial charge in [0, 0.05) is 0 Å². The first-order valence-corrected chi connectivity index (χ1v) is 4.22. The molecule has 5 heteroatoms. The summed E-state index contributed by atoms with van der Waals surface area (Å²) in [5.74, 6) is -4.60. The van der Waals surface area contributed by atoms with E-state index in [1.165, 1.54) is 0 Å². The average molecular weight is 196 g/mol. The molecule has 0 aromatic carbocycles. The Morgan fingerprint density at radius 3 is 2.08 bits per heavy atom. The molecule has 0 aromatic heterocycles. The number of carboxylic acid groups (broad SMARTS) is 1. The first kappa shape index (κ1) is 10.3. The van der Waals surface area contributed by atoms with Crippen molar-refractivity contribution in [2.24, 2.45) is 11.8 Å². The van der Waals surface area contributed by atoms with Crippen LogP contribution in [0.15, 0.2) is 0 Å². The molecule has 1 rings (SSSR count). The average Bonchev–Trinajstić information content (AvgIpc) is 2.34. The van der Waals surface area contributed by atoms with E-state index in [2.05, 4.69) is 0 Å². The fraction of sp³-hybridized carbons (Fsp3) is 0.875. The molecular weight excluding hydrogens is 185 g/mol. The standard InChI is InChI=1S/C8H11F3O2/c9-8(10,11)6(7(12)13)5-3-1-2-4-5/h5-6H,1-4H2,(H,12,13). The molecular formula is C8H11F3O2. The minimum atomic E-state index is -4.60. The van der Waals surface area contributed by atoms with Crippen molar-refractivity contribution in [3.05, 3.63) is 0 Å². The number of halogens is 3. The molecule has 0 spiro atoms. The predicted molar refractivity (Wildman–Crippen MR) is 39.1 cm³/mol. The van der Waals surface area contributed by atoms with Crippen LogP contribution in [0.25, 0.3) is 0 Å². The third-order valence-electron chi connectivity index (χ3n) is 2.49. The van der Waals surface area contributed by atoms with Crippen LogP contribution in [0.3, 0.4) is 0 Å². The van der Waals surface area contributed by atoms with Crippen LogP contribution in [0.2, 0.25) is 0 Å². The van der Waals surface area contributed by atoms with E-state index in [4.69, 9.17) is 5.11 Å². The Labute approximate surface area is 73.7 Å². The van der Waals surface area contributed by atoms with Crippen molar-refractivity contribution in [3.8, 4) is 0 Å². The van der Waals surface area contributed by atoms with Gasteiger partial charge in [-0.05, 0) is 18.8 Å². The Kier molecular flexibility index (Phi) is 2.83. The molecule has 0 radical (unpaired) electrons. The Morgan fingerprint density at radius 2 is 1.77 bits per heavy atom. The van der Waals surface area contributed by atoms with Gasteiger partial charge in [-0.1, -0.05) is 12.8 Å². The molecule has 2 nitrogen and oxygen atoms in total. The van der Waals surface area contributed by atoms with Crippen molar-refractivity contribution < 1.29 is 23.1 Å². The van der Waals surface area contributed by atoms with E-state index in [0.29, 0.717) is 25.7 Å². The fourth-order valence-electron chi connectivity index (χ4n) is 1.90. The van der Waals surface area contributed by atoms with E-state index in [-0.39, 0.29) is 0 Å². The monoisotopic (exact) mass is 196 g/mol. The van der Waals surface area contributed by atoms with Gasteiger partial charge in [-0.25, -0.2) is 0 Å². The van der Waals surface area contributed by atoms with Gasteiger partial charge >= 0.3 is 12.1 Å². The smallest absolute Gasteiger partial charge is 0.402 e. The zero-order valence-corrected chi connectivity index (χ0v) is 6.97. The van der Waals surface area contributed by atoms with E-state index in [9.17, 15) is 18.0 Å². The van der Waals surface area contributed by atoms with Crippen molar-refractivity contribution in [3.63, 3.8) is 0 Å². The maximum atomic E-state index is 12.2. The minimum Gasteiger partial charge on any atom is -0.481 e. The van der Waals surface area contributed by atoms with Gasteiger partial charge in [0.15, 0.2) is 5.92 Å². The molecule has 0 aliphatic heterocycles. The number of rotatable bonds is 2. The number of carboxylic acids is 1. The molecule has 0 bridgehead atoms. The Balaban J connectivity index is 2.72. The van der Waals surface area contributed by atoms with Crippen LogP contribution in [0.5, 0.6) is 0 Å². The fourth-order valence-corrected chi connectivity index (χ4v) is 1.90. The van der Waals surface area contributed by atoms with Crippen molar-refractivity contribution in [2.45, 2.75) is 31.9 Å². The van der Waals surface area contributed by atoms with Crippen LogP contribution < -0.4 is 0 Å². The minimum absolute atomic E-state index is 0.385. The maximum absolute atomic E-state index is 12.2. The summed E-state index contributed by atoms with van der Waals surface area (Å²) < 4.78 is 36.7. The summed E-state index contributed by atoms with van der Waals surface area (Å²) in [5, 5.41) is 8.45. The molecule has 1 unspecified atom stereocenters. The molecule has 1 fully saturated rings. The molecule has 1 atom stereocenters. The number of hydrogen-bond donors (Lipinski definition) is 1. The topological polar surface area (TPSA) is 37.3 Å². The molecule has 13 heavy (non-hydrogen) atoms. The number of alkyl halides is 3. The summed E-state index contributed by atoms with van der Waals surface area (Å²) in [5.41, 5.74) is 0. The van der Waals surface area contributed by atoms with Gasteiger partial charge < -0.3 is 5.11 Å². The van der Waals surface area contributed by atoms with Crippen LogP contribution in [0.4, 0.5) is 13.2 Å². The highest BCUT2D eigenvalue weighted by Crippen LogP contribution is 2.40. The lowest BCUT2D eigenvalue weighted by Crippen LogP contribution is -2.35. The third-order valence-corrected chi connectivity index (χ3v) is 2.49. The van der Waals surface area contributed by atoms with E-state index >= 15 is 0 Å². The predicted octanol–water partition coefficient (Wildman–Crippen LogP) is 2.44. The van der Waals surface area contributed by atoms with Crippen LogP contribution in [-0.2, 0) is 4.79 Å². The largest absolute Gasteiger partial charge is 0.481 e. The Hall–Kier alpha value is -0.740. The highest BCUT2D eigenvalue weighted by Gasteiger charge is 2.50. The lowest BCUT2D eigenvalue weighted by molar-refractivity contribution is -0.203. The van der Waals surface area contributed by atoms with Gasteiger partial charge in [-0.3, -0.25) is 4.79 Å². The van der Waals surface area contributed by atoms with Crippen molar-refractivity contribution in [2.75, 3.05) is 0 Å². The summed E-state index contributed by atoms with van der Waals surface area (Å²) in [4.78, 5) is 10.4. The first-order valence-electron chi connectivity index (χ1n) is 4.22. The van der Waals surface area contributed by atoms with Crippen molar-refractivity contribution >= 4 is 5.97 Å². The third kappa shape index (κ3) is 2.35. The SMILES string of the molecule is O=C(O)C(C1CCCC1)C(F)(F)F. The zero-order chi connectivity index (χ0) is 10.1. The summed E-state index contributed by atoms with van der Waals surface area (Å²) in [6.07, 6.45) is -2.40.